The van der Waals surface area contributed by atoms with E-state index in [0.29, 0.717) is 35.5 Å². The van der Waals surface area contributed by atoms with Crippen molar-refractivity contribution in [3.05, 3.63) is 57.6 Å². The molecule has 0 aliphatic rings. The number of likely N-dealkylation sites (N-methyl/N-ethyl adjacent to an activating group) is 1. The fraction of sp³-hybridized carbons (Fsp3) is 0.353. The third kappa shape index (κ3) is 4.50. The Morgan fingerprint density at radius 2 is 1.79 bits per heavy atom. The van der Waals surface area contributed by atoms with E-state index in [9.17, 15) is 9.18 Å². The molecule has 0 aliphatic heterocycles. The molecule has 0 atom stereocenters. The molecule has 130 valence electrons. The van der Waals surface area contributed by atoms with Crippen molar-refractivity contribution in [1.29, 1.82) is 0 Å². The maximum absolute atomic E-state index is 13.1. The second-order valence-corrected chi connectivity index (χ2v) is 6.65. The molecule has 24 heavy (non-hydrogen) atoms. The van der Waals surface area contributed by atoms with Crippen LogP contribution in [0.3, 0.4) is 0 Å². The van der Waals surface area contributed by atoms with E-state index in [-0.39, 0.29) is 11.7 Å². The molecule has 4 nitrogen and oxygen atoms in total. The third-order valence-corrected chi connectivity index (χ3v) is 4.57. The Morgan fingerprint density at radius 3 is 2.29 bits per heavy atom. The number of aromatic nitrogens is 1. The van der Waals surface area contributed by atoms with E-state index >= 15 is 0 Å². The molecule has 1 aromatic carbocycles. The third-order valence-electron chi connectivity index (χ3n) is 3.73. The van der Waals surface area contributed by atoms with Crippen molar-refractivity contribution in [2.75, 3.05) is 27.2 Å². The number of rotatable bonds is 6. The molecule has 7 heteroatoms. The summed E-state index contributed by atoms with van der Waals surface area (Å²) in [5, 5.41) is 0.672. The molecule has 0 aliphatic carbocycles. The number of amides is 1. The Labute approximate surface area is 151 Å². The first-order chi connectivity index (χ1) is 11.3. The normalized spacial score (nSPS) is 11.1. The first kappa shape index (κ1) is 18.8. The molecule has 0 N–H and O–H groups in total. The standard InChI is InChI=1S/C17H20Cl2FN3O/c1-21(2)8-9-23(11-12-4-6-13(20)7-5-12)17(24)15-10-14(18)16(19)22(15)3/h4-7,10H,8-9,11H2,1-3H3. The molecule has 0 saturated carbocycles. The zero-order chi connectivity index (χ0) is 17.9. The summed E-state index contributed by atoms with van der Waals surface area (Å²) >= 11 is 12.1. The highest BCUT2D eigenvalue weighted by atomic mass is 35.5. The lowest BCUT2D eigenvalue weighted by atomic mass is 10.2. The Balaban J connectivity index is 2.25. The summed E-state index contributed by atoms with van der Waals surface area (Å²) in [7, 11) is 5.58. The number of carbonyl (C=O) groups excluding carboxylic acids is 1. The average Bonchev–Trinajstić information content (AvgIpc) is 2.80. The Bertz CT molecular complexity index is 713. The fourth-order valence-electron chi connectivity index (χ4n) is 2.29. The lowest BCUT2D eigenvalue weighted by molar-refractivity contribution is 0.0722. The zero-order valence-corrected chi connectivity index (χ0v) is 15.4. The second-order valence-electron chi connectivity index (χ2n) is 5.88. The van der Waals surface area contributed by atoms with Gasteiger partial charge in [0.2, 0.25) is 0 Å². The lowest BCUT2D eigenvalue weighted by Gasteiger charge is -2.25. The van der Waals surface area contributed by atoms with Crippen LogP contribution in [0.2, 0.25) is 10.2 Å². The number of nitrogens with zero attached hydrogens (tertiary/aromatic N) is 3. The SMILES string of the molecule is CN(C)CCN(Cc1ccc(F)cc1)C(=O)c1cc(Cl)c(Cl)n1C. The number of benzene rings is 1. The van der Waals surface area contributed by atoms with Crippen molar-refractivity contribution < 1.29 is 9.18 Å². The molecule has 0 unspecified atom stereocenters. The minimum Gasteiger partial charge on any atom is -0.332 e. The van der Waals surface area contributed by atoms with Gasteiger partial charge in [-0.15, -0.1) is 0 Å². The van der Waals surface area contributed by atoms with Crippen molar-refractivity contribution in [3.63, 3.8) is 0 Å². The largest absolute Gasteiger partial charge is 0.332 e. The molecule has 0 bridgehead atoms. The predicted octanol–water partition coefficient (Wildman–Crippen LogP) is 3.68. The molecule has 0 spiro atoms. The quantitative estimate of drug-likeness (QED) is 0.774. The van der Waals surface area contributed by atoms with Crippen molar-refractivity contribution >= 4 is 29.1 Å². The molecule has 0 fully saturated rings. The maximum atomic E-state index is 13.1. The molecular formula is C17H20Cl2FN3O. The van der Waals surface area contributed by atoms with E-state index < -0.39 is 0 Å². The summed E-state index contributed by atoms with van der Waals surface area (Å²) in [5.74, 6) is -0.469. The summed E-state index contributed by atoms with van der Waals surface area (Å²) in [6.07, 6.45) is 0. The molecule has 0 saturated heterocycles. The van der Waals surface area contributed by atoms with Gasteiger partial charge in [-0.2, -0.15) is 0 Å². The monoisotopic (exact) mass is 371 g/mol. The van der Waals surface area contributed by atoms with Gasteiger partial charge in [-0.1, -0.05) is 35.3 Å². The maximum Gasteiger partial charge on any atom is 0.270 e. The summed E-state index contributed by atoms with van der Waals surface area (Å²) in [4.78, 5) is 16.6. The van der Waals surface area contributed by atoms with Gasteiger partial charge in [0.25, 0.3) is 5.91 Å². The zero-order valence-electron chi connectivity index (χ0n) is 13.9. The summed E-state index contributed by atoms with van der Waals surface area (Å²) in [6.45, 7) is 1.62. The second kappa shape index (κ2) is 8.01. The van der Waals surface area contributed by atoms with Gasteiger partial charge in [0.05, 0.1) is 5.02 Å². The topological polar surface area (TPSA) is 28.5 Å². The van der Waals surface area contributed by atoms with Gasteiger partial charge in [-0.25, -0.2) is 4.39 Å². The first-order valence-electron chi connectivity index (χ1n) is 7.48. The van der Waals surface area contributed by atoms with Crippen molar-refractivity contribution in [2.45, 2.75) is 6.54 Å². The van der Waals surface area contributed by atoms with Gasteiger partial charge < -0.3 is 14.4 Å². The molecule has 1 heterocycles. The Hall–Kier alpha value is -1.56. The summed E-state index contributed by atoms with van der Waals surface area (Å²) in [5.41, 5.74) is 1.28. The smallest absolute Gasteiger partial charge is 0.270 e. The van der Waals surface area contributed by atoms with Gasteiger partial charge in [0, 0.05) is 26.7 Å². The van der Waals surface area contributed by atoms with E-state index in [1.54, 1.807) is 34.7 Å². The summed E-state index contributed by atoms with van der Waals surface area (Å²) in [6, 6.07) is 7.70. The van der Waals surface area contributed by atoms with Crippen LogP contribution in [0.4, 0.5) is 4.39 Å². The van der Waals surface area contributed by atoms with Crippen molar-refractivity contribution in [3.8, 4) is 0 Å². The van der Waals surface area contributed by atoms with Crippen LogP contribution >= 0.6 is 23.2 Å². The van der Waals surface area contributed by atoms with Crippen LogP contribution < -0.4 is 0 Å². The van der Waals surface area contributed by atoms with Crippen LogP contribution in [-0.2, 0) is 13.6 Å². The molecule has 1 amide bonds. The molecule has 2 rings (SSSR count). The van der Waals surface area contributed by atoms with E-state index in [0.717, 1.165) is 5.56 Å². The number of hydrogen-bond donors (Lipinski definition) is 0. The molecule has 0 radical (unpaired) electrons. The van der Waals surface area contributed by atoms with Crippen LogP contribution in [0, 0.1) is 5.82 Å². The Morgan fingerprint density at radius 1 is 1.17 bits per heavy atom. The average molecular weight is 372 g/mol. The fourth-order valence-corrected chi connectivity index (χ4v) is 2.67. The minimum atomic E-state index is -0.300. The van der Waals surface area contributed by atoms with Crippen molar-refractivity contribution in [2.24, 2.45) is 7.05 Å². The summed E-state index contributed by atoms with van der Waals surface area (Å²) < 4.78 is 14.7. The highest BCUT2D eigenvalue weighted by Crippen LogP contribution is 2.26. The predicted molar refractivity (Wildman–Crippen MR) is 95.1 cm³/mol. The lowest BCUT2D eigenvalue weighted by Crippen LogP contribution is -2.37. The van der Waals surface area contributed by atoms with Crippen molar-refractivity contribution in [1.82, 2.24) is 14.4 Å². The molecule has 1 aromatic heterocycles. The highest BCUT2D eigenvalue weighted by molar-refractivity contribution is 6.41. The van der Waals surface area contributed by atoms with E-state index in [1.165, 1.54) is 12.1 Å². The number of hydrogen-bond acceptors (Lipinski definition) is 2. The highest BCUT2D eigenvalue weighted by Gasteiger charge is 2.22. The number of carbonyl (C=O) groups is 1. The van der Waals surface area contributed by atoms with E-state index in [2.05, 4.69) is 0 Å². The first-order valence-corrected chi connectivity index (χ1v) is 8.24. The van der Waals surface area contributed by atoms with Crippen LogP contribution in [0.15, 0.2) is 30.3 Å². The van der Waals surface area contributed by atoms with E-state index in [4.69, 9.17) is 23.2 Å². The van der Waals surface area contributed by atoms with Crippen LogP contribution in [-0.4, -0.2) is 47.5 Å². The Kier molecular flexibility index (Phi) is 6.27. The number of halogens is 3. The van der Waals surface area contributed by atoms with Gasteiger partial charge in [0.1, 0.15) is 16.7 Å². The van der Waals surface area contributed by atoms with Gasteiger partial charge >= 0.3 is 0 Å². The van der Waals surface area contributed by atoms with Gasteiger partial charge in [-0.3, -0.25) is 4.79 Å². The van der Waals surface area contributed by atoms with Gasteiger partial charge in [-0.05, 0) is 37.9 Å². The van der Waals surface area contributed by atoms with Crippen LogP contribution in [0.5, 0.6) is 0 Å². The van der Waals surface area contributed by atoms with Gasteiger partial charge in [0.15, 0.2) is 0 Å². The van der Waals surface area contributed by atoms with E-state index in [1.807, 2.05) is 19.0 Å². The van der Waals surface area contributed by atoms with Crippen LogP contribution in [0.1, 0.15) is 16.1 Å². The molecular weight excluding hydrogens is 352 g/mol. The van der Waals surface area contributed by atoms with Crippen LogP contribution in [0.25, 0.3) is 0 Å². The minimum absolute atomic E-state index is 0.169. The molecule has 2 aromatic rings.